The molecule has 254 valence electrons. The molecule has 3 rings (SSSR count). The van der Waals surface area contributed by atoms with Crippen molar-refractivity contribution in [3.8, 4) is 0 Å². The third kappa shape index (κ3) is 9.32. The Morgan fingerprint density at radius 3 is 1.64 bits per heavy atom. The Balaban J connectivity index is 1.97. The van der Waals surface area contributed by atoms with Crippen LogP contribution in [0.25, 0.3) is 0 Å². The molecule has 0 N–H and O–H groups in total. The topological polar surface area (TPSA) is 85.4 Å². The van der Waals surface area contributed by atoms with Gasteiger partial charge in [0.05, 0.1) is 0 Å². The van der Waals surface area contributed by atoms with Gasteiger partial charge < -0.3 is 18.8 Å². The quantitative estimate of drug-likeness (QED) is 0.174. The average molecular weight is 661 g/mol. The highest BCUT2D eigenvalue weighted by Crippen LogP contribution is 2.37. The minimum Gasteiger partial charge on any atom is -0.459 e. The number of hydrogen-bond acceptors (Lipinski definition) is 6. The Kier molecular flexibility index (Phi) is 12.6. The smallest absolute Gasteiger partial charge is 0.410 e. The number of ether oxygens (including phenoxy) is 2. The number of carbonyl (C=O) groups is 3. The molecule has 3 atom stereocenters. The van der Waals surface area contributed by atoms with Crippen molar-refractivity contribution in [2.24, 2.45) is 5.92 Å². The molecule has 0 saturated carbocycles. The van der Waals surface area contributed by atoms with Crippen LogP contribution in [0.2, 0.25) is 5.04 Å². The summed E-state index contributed by atoms with van der Waals surface area (Å²) in [7, 11) is 0.167. The van der Waals surface area contributed by atoms with Gasteiger partial charge in [-0.1, -0.05) is 119 Å². The average Bonchev–Trinajstić information content (AvgIpc) is 3.03. The first-order chi connectivity index (χ1) is 22.0. The lowest BCUT2D eigenvalue weighted by atomic mass is 10.0. The van der Waals surface area contributed by atoms with Gasteiger partial charge in [0.1, 0.15) is 24.3 Å². The van der Waals surface area contributed by atoms with Crippen molar-refractivity contribution in [2.75, 3.05) is 20.7 Å². The predicted molar refractivity (Wildman–Crippen MR) is 189 cm³/mol. The lowest BCUT2D eigenvalue weighted by Gasteiger charge is -2.44. The Morgan fingerprint density at radius 2 is 1.19 bits per heavy atom. The molecular formula is C38H52N2O6Si. The molecule has 0 heterocycles. The van der Waals surface area contributed by atoms with E-state index in [1.165, 1.54) is 16.8 Å². The Morgan fingerprint density at radius 1 is 0.723 bits per heavy atom. The molecule has 47 heavy (non-hydrogen) atoms. The zero-order valence-electron chi connectivity index (χ0n) is 29.7. The molecule has 0 spiro atoms. The highest BCUT2D eigenvalue weighted by Gasteiger charge is 2.51. The molecule has 0 aromatic heterocycles. The largest absolute Gasteiger partial charge is 0.459 e. The number of amides is 2. The number of benzene rings is 3. The van der Waals surface area contributed by atoms with E-state index in [1.807, 2.05) is 73.7 Å². The summed E-state index contributed by atoms with van der Waals surface area (Å²) in [6.45, 7) is 15.7. The van der Waals surface area contributed by atoms with E-state index in [4.69, 9.17) is 13.9 Å². The van der Waals surface area contributed by atoms with Gasteiger partial charge in [0.25, 0.3) is 8.32 Å². The van der Waals surface area contributed by atoms with Crippen molar-refractivity contribution in [3.05, 3.63) is 96.6 Å². The normalized spacial score (nSPS) is 14.0. The van der Waals surface area contributed by atoms with Gasteiger partial charge in [-0.3, -0.25) is 9.69 Å². The van der Waals surface area contributed by atoms with E-state index < -0.39 is 49.9 Å². The van der Waals surface area contributed by atoms with Gasteiger partial charge in [-0.2, -0.15) is 0 Å². The van der Waals surface area contributed by atoms with Crippen LogP contribution in [0.3, 0.4) is 0 Å². The maximum Gasteiger partial charge on any atom is 0.410 e. The minimum absolute atomic E-state index is 0.0633. The summed E-state index contributed by atoms with van der Waals surface area (Å²) in [5.74, 6) is -1.43. The van der Waals surface area contributed by atoms with E-state index in [0.29, 0.717) is 0 Å². The molecule has 2 amide bonds. The molecule has 3 aromatic rings. The summed E-state index contributed by atoms with van der Waals surface area (Å²) in [4.78, 5) is 43.3. The maximum absolute atomic E-state index is 13.9. The molecular weight excluding hydrogens is 609 g/mol. The van der Waals surface area contributed by atoms with E-state index in [9.17, 15) is 14.4 Å². The SMILES string of the molecule is C[C@H](CO[Si](c1ccccc1)(c1ccccc1)C(C)(C)C)[C@@H](C(=O)OCc1ccccc1)N(C)C(=O)[C@@H](C)N(C)C(=O)OC(C)(C)C. The fourth-order valence-electron chi connectivity index (χ4n) is 5.78. The maximum atomic E-state index is 13.9. The van der Waals surface area contributed by atoms with E-state index in [2.05, 4.69) is 45.0 Å². The lowest BCUT2D eigenvalue weighted by molar-refractivity contribution is -0.159. The van der Waals surface area contributed by atoms with Crippen LogP contribution in [0.5, 0.6) is 0 Å². The Labute approximate surface area is 282 Å². The second-order valence-electron chi connectivity index (χ2n) is 14.2. The molecule has 0 bridgehead atoms. The first kappa shape index (κ1) is 37.5. The zero-order chi connectivity index (χ0) is 35.0. The van der Waals surface area contributed by atoms with E-state index in [0.717, 1.165) is 15.9 Å². The molecule has 0 aliphatic carbocycles. The standard InChI is InChI=1S/C38H52N2O6Si/c1-28(26-45-47(38(6,7)8,31-22-16-12-17-23-31)32-24-18-13-19-25-32)33(35(42)44-27-30-20-14-11-15-21-30)40(10)34(41)29(2)39(9)36(43)46-37(3,4)5/h11-25,28-29,33H,26-27H2,1-10H3/t28-,29-,33+/m1/s1. The number of esters is 1. The Bertz CT molecular complexity index is 1410. The van der Waals surface area contributed by atoms with Crippen LogP contribution in [-0.2, 0) is 30.1 Å². The molecule has 9 heteroatoms. The molecule has 8 nitrogen and oxygen atoms in total. The summed E-state index contributed by atoms with van der Waals surface area (Å²) < 4.78 is 18.5. The van der Waals surface area contributed by atoms with Crippen LogP contribution in [0, 0.1) is 5.92 Å². The van der Waals surface area contributed by atoms with Gasteiger partial charge in [0.2, 0.25) is 5.91 Å². The van der Waals surface area contributed by atoms with Crippen molar-refractivity contribution >= 4 is 36.7 Å². The number of rotatable bonds is 12. The van der Waals surface area contributed by atoms with Crippen molar-refractivity contribution in [2.45, 2.75) is 84.7 Å². The van der Waals surface area contributed by atoms with E-state index in [-0.39, 0.29) is 18.3 Å². The second-order valence-corrected chi connectivity index (χ2v) is 18.5. The van der Waals surface area contributed by atoms with Crippen LogP contribution >= 0.6 is 0 Å². The van der Waals surface area contributed by atoms with Gasteiger partial charge in [-0.05, 0) is 48.7 Å². The van der Waals surface area contributed by atoms with Crippen LogP contribution in [0.4, 0.5) is 4.79 Å². The molecule has 0 fully saturated rings. The lowest BCUT2D eigenvalue weighted by Crippen LogP contribution is -2.67. The summed E-state index contributed by atoms with van der Waals surface area (Å²) in [6.07, 6.45) is -0.627. The third-order valence-corrected chi connectivity index (χ3v) is 13.4. The summed E-state index contributed by atoms with van der Waals surface area (Å²) in [6, 6.07) is 28.1. The monoisotopic (exact) mass is 660 g/mol. The fraction of sp³-hybridized carbons (Fsp3) is 0.447. The number of nitrogens with zero attached hydrogens (tertiary/aromatic N) is 2. The van der Waals surface area contributed by atoms with Gasteiger partial charge in [-0.15, -0.1) is 0 Å². The van der Waals surface area contributed by atoms with Crippen LogP contribution < -0.4 is 10.4 Å². The summed E-state index contributed by atoms with van der Waals surface area (Å²) in [5.41, 5.74) is 0.110. The fourth-order valence-corrected chi connectivity index (χ4v) is 10.5. The highest BCUT2D eigenvalue weighted by molar-refractivity contribution is 6.99. The van der Waals surface area contributed by atoms with E-state index in [1.54, 1.807) is 34.7 Å². The predicted octanol–water partition coefficient (Wildman–Crippen LogP) is 6.02. The first-order valence-electron chi connectivity index (χ1n) is 16.2. The van der Waals surface area contributed by atoms with Gasteiger partial charge >= 0.3 is 12.1 Å². The number of carbonyl (C=O) groups excluding carboxylic acids is 3. The van der Waals surface area contributed by atoms with Crippen LogP contribution in [-0.4, -0.2) is 74.5 Å². The molecule has 0 radical (unpaired) electrons. The number of hydrogen-bond donors (Lipinski definition) is 0. The summed E-state index contributed by atoms with van der Waals surface area (Å²) >= 11 is 0. The Hall–Kier alpha value is -3.95. The summed E-state index contributed by atoms with van der Waals surface area (Å²) in [5, 5.41) is 1.96. The van der Waals surface area contributed by atoms with Crippen molar-refractivity contribution in [1.29, 1.82) is 0 Å². The van der Waals surface area contributed by atoms with Crippen molar-refractivity contribution in [1.82, 2.24) is 9.80 Å². The zero-order valence-corrected chi connectivity index (χ0v) is 30.7. The minimum atomic E-state index is -2.93. The van der Waals surface area contributed by atoms with Crippen molar-refractivity contribution in [3.63, 3.8) is 0 Å². The number of likely N-dealkylation sites (N-methyl/N-ethyl adjacent to an activating group) is 2. The van der Waals surface area contributed by atoms with Gasteiger partial charge in [0, 0.05) is 26.6 Å². The highest BCUT2D eigenvalue weighted by atomic mass is 28.4. The van der Waals surface area contributed by atoms with Gasteiger partial charge in [-0.25, -0.2) is 9.59 Å². The molecule has 0 aliphatic rings. The molecule has 0 unspecified atom stereocenters. The molecule has 0 saturated heterocycles. The van der Waals surface area contributed by atoms with E-state index >= 15 is 0 Å². The first-order valence-corrected chi connectivity index (χ1v) is 18.1. The third-order valence-electron chi connectivity index (χ3n) is 8.37. The second kappa shape index (κ2) is 15.8. The molecule has 3 aromatic carbocycles. The van der Waals surface area contributed by atoms with Crippen molar-refractivity contribution < 1.29 is 28.3 Å². The van der Waals surface area contributed by atoms with Gasteiger partial charge in [0.15, 0.2) is 0 Å². The van der Waals surface area contributed by atoms with Crippen LogP contribution in [0.1, 0.15) is 61.0 Å². The molecule has 0 aliphatic heterocycles. The van der Waals surface area contributed by atoms with Crippen LogP contribution in [0.15, 0.2) is 91.0 Å².